The average Bonchev–Trinajstić information content (AvgIpc) is 2.94. The van der Waals surface area contributed by atoms with Crippen molar-refractivity contribution in [1.82, 2.24) is 10.6 Å². The fraction of sp³-hybridized carbons (Fsp3) is 1.00. The molecule has 2 saturated heterocycles. The van der Waals surface area contributed by atoms with E-state index in [0.29, 0.717) is 19.5 Å². The van der Waals surface area contributed by atoms with Crippen LogP contribution in [0.15, 0.2) is 0 Å². The summed E-state index contributed by atoms with van der Waals surface area (Å²) in [6.45, 7) is 1.50. The standard InChI is InChI=1S/C24H51N7O9/c25-4-1-5-30-9-12-2-3-13(27)23(37-12)39-21-14(28)6-15(31-8-11(33)7-26)22(20(21)36)40-24-19(35)17(29)18(34)16(10-32)38-24/h11-24,30-36H,1-10,25-29H2/t11?,12-,13+,14-,15+,16+,17-,18+,19+,20-,21+,22-,23+,24+/m0/s1. The Hall–Kier alpha value is -0.640. The molecule has 0 bridgehead atoms. The topological polar surface area (TPSA) is 292 Å². The molecule has 3 aliphatic rings. The largest absolute Gasteiger partial charge is 0.394 e. The van der Waals surface area contributed by atoms with E-state index in [-0.39, 0.29) is 25.6 Å². The molecule has 3 fully saturated rings. The van der Waals surface area contributed by atoms with E-state index in [4.69, 9.17) is 47.6 Å². The van der Waals surface area contributed by atoms with Crippen LogP contribution in [0, 0.1) is 0 Å². The molecule has 2 aliphatic heterocycles. The van der Waals surface area contributed by atoms with E-state index in [1.54, 1.807) is 0 Å². The Morgan fingerprint density at radius 1 is 0.900 bits per heavy atom. The van der Waals surface area contributed by atoms with Crippen LogP contribution in [0.1, 0.15) is 25.7 Å². The minimum Gasteiger partial charge on any atom is -0.394 e. The summed E-state index contributed by atoms with van der Waals surface area (Å²) in [6, 6.07) is -2.89. The van der Waals surface area contributed by atoms with Crippen LogP contribution in [0.2, 0.25) is 0 Å². The number of ether oxygens (including phenoxy) is 4. The van der Waals surface area contributed by atoms with Gasteiger partial charge in [0.2, 0.25) is 0 Å². The highest BCUT2D eigenvalue weighted by molar-refractivity contribution is 5.02. The quantitative estimate of drug-likeness (QED) is 0.0849. The van der Waals surface area contributed by atoms with Gasteiger partial charge in [0.25, 0.3) is 0 Å². The number of nitrogens with one attached hydrogen (secondary N) is 2. The number of hydrogen-bond acceptors (Lipinski definition) is 16. The first-order chi connectivity index (χ1) is 19.1. The zero-order valence-corrected chi connectivity index (χ0v) is 22.9. The summed E-state index contributed by atoms with van der Waals surface area (Å²) < 4.78 is 23.9. The van der Waals surface area contributed by atoms with Crippen molar-refractivity contribution in [2.24, 2.45) is 28.7 Å². The summed E-state index contributed by atoms with van der Waals surface area (Å²) in [5.74, 6) is 0. The molecular formula is C24H51N7O9. The van der Waals surface area contributed by atoms with Crippen molar-refractivity contribution in [3.63, 3.8) is 0 Å². The molecule has 0 radical (unpaired) electrons. The lowest BCUT2D eigenvalue weighted by Crippen LogP contribution is -2.68. The van der Waals surface area contributed by atoms with Gasteiger partial charge in [0.05, 0.1) is 30.9 Å². The lowest BCUT2D eigenvalue weighted by Gasteiger charge is -2.48. The van der Waals surface area contributed by atoms with Crippen molar-refractivity contribution in [3.05, 3.63) is 0 Å². The second-order valence-electron chi connectivity index (χ2n) is 11.0. The van der Waals surface area contributed by atoms with Gasteiger partial charge in [-0.25, -0.2) is 0 Å². The summed E-state index contributed by atoms with van der Waals surface area (Å²) in [7, 11) is 0. The summed E-state index contributed by atoms with van der Waals surface area (Å²) in [6.07, 6.45) is -7.99. The second kappa shape index (κ2) is 16.3. The maximum Gasteiger partial charge on any atom is 0.186 e. The van der Waals surface area contributed by atoms with Crippen LogP contribution in [0.3, 0.4) is 0 Å². The Bertz CT molecular complexity index is 732. The maximum atomic E-state index is 11.5. The molecule has 40 heavy (non-hydrogen) atoms. The SMILES string of the molecule is NCCCNC[C@@H]1CC[C@@H](N)[C@@H](O[C@H]2[C@H](O)[C@@H](O[C@H]3O[C@H](CO)[C@@H](O)[C@H](N)[C@H]3O)[C@H](NCC(O)CN)C[C@@H]2N)O1. The van der Waals surface area contributed by atoms with Crippen molar-refractivity contribution >= 4 is 0 Å². The summed E-state index contributed by atoms with van der Waals surface area (Å²) in [5.41, 5.74) is 29.8. The van der Waals surface area contributed by atoms with E-state index in [0.717, 1.165) is 19.4 Å². The van der Waals surface area contributed by atoms with Gasteiger partial charge in [-0.1, -0.05) is 0 Å². The van der Waals surface area contributed by atoms with E-state index in [2.05, 4.69) is 10.6 Å². The third-order valence-electron chi connectivity index (χ3n) is 7.85. The van der Waals surface area contributed by atoms with Crippen LogP contribution in [-0.4, -0.2) is 150 Å². The van der Waals surface area contributed by atoms with E-state index in [1.807, 2.05) is 0 Å². The Balaban J connectivity index is 1.73. The van der Waals surface area contributed by atoms with Gasteiger partial charge in [0, 0.05) is 31.7 Å². The minimum absolute atomic E-state index is 0.0140. The van der Waals surface area contributed by atoms with Gasteiger partial charge >= 0.3 is 0 Å². The molecule has 14 atom stereocenters. The van der Waals surface area contributed by atoms with Crippen LogP contribution in [-0.2, 0) is 18.9 Å². The summed E-state index contributed by atoms with van der Waals surface area (Å²) >= 11 is 0. The number of aliphatic hydroxyl groups excluding tert-OH is 5. The molecule has 0 aromatic heterocycles. The zero-order valence-electron chi connectivity index (χ0n) is 22.9. The van der Waals surface area contributed by atoms with E-state index in [9.17, 15) is 25.5 Å². The number of nitrogens with two attached hydrogens (primary N) is 5. The first-order valence-corrected chi connectivity index (χ1v) is 14.2. The smallest absolute Gasteiger partial charge is 0.186 e. The Kier molecular flexibility index (Phi) is 13.8. The fourth-order valence-corrected chi connectivity index (χ4v) is 5.35. The Morgan fingerprint density at radius 3 is 2.30 bits per heavy atom. The third kappa shape index (κ3) is 8.70. The highest BCUT2D eigenvalue weighted by Gasteiger charge is 2.50. The van der Waals surface area contributed by atoms with Gasteiger partial charge in [-0.2, -0.15) is 0 Å². The number of hydrogen-bond donors (Lipinski definition) is 12. The molecule has 1 unspecified atom stereocenters. The second-order valence-corrected chi connectivity index (χ2v) is 11.0. The van der Waals surface area contributed by atoms with Gasteiger partial charge < -0.3 is 83.8 Å². The molecule has 0 amide bonds. The Labute approximate surface area is 234 Å². The van der Waals surface area contributed by atoms with Gasteiger partial charge in [0.15, 0.2) is 12.6 Å². The fourth-order valence-electron chi connectivity index (χ4n) is 5.35. The first-order valence-electron chi connectivity index (χ1n) is 14.2. The lowest BCUT2D eigenvalue weighted by atomic mass is 9.83. The molecule has 236 valence electrons. The predicted molar refractivity (Wildman–Crippen MR) is 143 cm³/mol. The van der Waals surface area contributed by atoms with Crippen LogP contribution in [0.25, 0.3) is 0 Å². The molecule has 16 nitrogen and oxygen atoms in total. The lowest BCUT2D eigenvalue weighted by molar-refractivity contribution is -0.314. The third-order valence-corrected chi connectivity index (χ3v) is 7.85. The van der Waals surface area contributed by atoms with Gasteiger partial charge in [-0.3, -0.25) is 0 Å². The van der Waals surface area contributed by atoms with Crippen LogP contribution < -0.4 is 39.3 Å². The van der Waals surface area contributed by atoms with Crippen LogP contribution in [0.4, 0.5) is 0 Å². The average molecular weight is 582 g/mol. The molecule has 1 saturated carbocycles. The highest BCUT2D eigenvalue weighted by atomic mass is 16.7. The van der Waals surface area contributed by atoms with Gasteiger partial charge in [-0.05, 0) is 38.8 Å². The monoisotopic (exact) mass is 581 g/mol. The minimum atomic E-state index is -1.46. The normalized spacial score (nSPS) is 43.5. The van der Waals surface area contributed by atoms with E-state index >= 15 is 0 Å². The molecule has 0 spiro atoms. The van der Waals surface area contributed by atoms with Crippen molar-refractivity contribution in [3.8, 4) is 0 Å². The van der Waals surface area contributed by atoms with Crippen LogP contribution in [0.5, 0.6) is 0 Å². The highest BCUT2D eigenvalue weighted by Crippen LogP contribution is 2.31. The van der Waals surface area contributed by atoms with Crippen molar-refractivity contribution in [2.45, 2.75) is 111 Å². The molecule has 0 aromatic carbocycles. The maximum absolute atomic E-state index is 11.5. The van der Waals surface area contributed by atoms with Crippen LogP contribution >= 0.6 is 0 Å². The molecule has 1 aliphatic carbocycles. The summed E-state index contributed by atoms with van der Waals surface area (Å²) in [4.78, 5) is 0. The summed E-state index contributed by atoms with van der Waals surface area (Å²) in [5, 5.41) is 58.3. The van der Waals surface area contributed by atoms with Crippen molar-refractivity contribution in [1.29, 1.82) is 0 Å². The molecule has 16 heteroatoms. The van der Waals surface area contributed by atoms with Crippen molar-refractivity contribution < 1.29 is 44.5 Å². The molecule has 0 aromatic rings. The van der Waals surface area contributed by atoms with E-state index in [1.165, 1.54) is 0 Å². The van der Waals surface area contributed by atoms with Gasteiger partial charge in [0.1, 0.15) is 36.6 Å². The molecule has 3 rings (SSSR count). The number of rotatable bonds is 14. The first kappa shape index (κ1) is 33.9. The van der Waals surface area contributed by atoms with Gasteiger partial charge in [-0.15, -0.1) is 0 Å². The van der Waals surface area contributed by atoms with E-state index < -0.39 is 86.1 Å². The molecule has 17 N–H and O–H groups in total. The predicted octanol–water partition coefficient (Wildman–Crippen LogP) is -6.34. The molecular weight excluding hydrogens is 530 g/mol. The Morgan fingerprint density at radius 2 is 1.62 bits per heavy atom. The molecule has 2 heterocycles. The van der Waals surface area contributed by atoms with Crippen molar-refractivity contribution in [2.75, 3.05) is 39.3 Å². The number of aliphatic hydroxyl groups is 5. The zero-order chi connectivity index (χ0) is 29.4.